The van der Waals surface area contributed by atoms with Crippen LogP contribution in [0.5, 0.6) is 0 Å². The minimum Gasteiger partial charge on any atom is -0.354 e. The topological polar surface area (TPSA) is 24.1 Å². The standard InChI is InChI=1S/C27H24N2/c1-27(2)22-15-7-6-13-20(22)21-14-10-18-25(26(21)27)29-24-17-9-8-16-23(24)28-19-11-4-3-5-12-19/h3-18,28-29H,1-2H3. The molecule has 0 radical (unpaired) electrons. The van der Waals surface area contributed by atoms with Gasteiger partial charge in [0.1, 0.15) is 0 Å². The number of benzene rings is 4. The van der Waals surface area contributed by atoms with Gasteiger partial charge in [0.15, 0.2) is 0 Å². The van der Waals surface area contributed by atoms with Crippen LogP contribution in [0.3, 0.4) is 0 Å². The number of anilines is 4. The maximum atomic E-state index is 3.72. The lowest BCUT2D eigenvalue weighted by molar-refractivity contribution is 0.662. The zero-order valence-corrected chi connectivity index (χ0v) is 16.7. The Morgan fingerprint density at radius 2 is 1.10 bits per heavy atom. The van der Waals surface area contributed by atoms with Gasteiger partial charge in [-0.05, 0) is 52.6 Å². The van der Waals surface area contributed by atoms with E-state index < -0.39 is 0 Å². The predicted molar refractivity (Wildman–Crippen MR) is 123 cm³/mol. The van der Waals surface area contributed by atoms with Crippen LogP contribution < -0.4 is 10.6 Å². The van der Waals surface area contributed by atoms with Gasteiger partial charge in [-0.15, -0.1) is 0 Å². The molecular weight excluding hydrogens is 352 g/mol. The Bertz CT molecular complexity index is 1180. The average molecular weight is 377 g/mol. The molecular formula is C27H24N2. The summed E-state index contributed by atoms with van der Waals surface area (Å²) in [7, 11) is 0. The van der Waals surface area contributed by atoms with Gasteiger partial charge < -0.3 is 10.6 Å². The van der Waals surface area contributed by atoms with Crippen molar-refractivity contribution < 1.29 is 0 Å². The summed E-state index contributed by atoms with van der Waals surface area (Å²) in [5, 5.41) is 7.26. The highest BCUT2D eigenvalue weighted by molar-refractivity contribution is 5.88. The molecule has 4 aromatic carbocycles. The normalized spacial score (nSPS) is 13.4. The van der Waals surface area contributed by atoms with Gasteiger partial charge >= 0.3 is 0 Å². The van der Waals surface area contributed by atoms with Gasteiger partial charge in [0.25, 0.3) is 0 Å². The van der Waals surface area contributed by atoms with Gasteiger partial charge in [-0.3, -0.25) is 0 Å². The lowest BCUT2D eigenvalue weighted by atomic mass is 9.81. The zero-order valence-electron chi connectivity index (χ0n) is 16.7. The van der Waals surface area contributed by atoms with Gasteiger partial charge in [-0.25, -0.2) is 0 Å². The van der Waals surface area contributed by atoms with E-state index in [9.17, 15) is 0 Å². The van der Waals surface area contributed by atoms with E-state index in [0.717, 1.165) is 22.7 Å². The first-order valence-corrected chi connectivity index (χ1v) is 10.1. The maximum absolute atomic E-state index is 3.72. The number of fused-ring (bicyclic) bond motifs is 3. The molecule has 4 aromatic rings. The molecule has 29 heavy (non-hydrogen) atoms. The Labute approximate surface area is 172 Å². The van der Waals surface area contributed by atoms with E-state index in [1.807, 2.05) is 18.2 Å². The average Bonchev–Trinajstić information content (AvgIpc) is 2.99. The highest BCUT2D eigenvalue weighted by Gasteiger charge is 2.37. The fourth-order valence-electron chi connectivity index (χ4n) is 4.48. The summed E-state index contributed by atoms with van der Waals surface area (Å²) in [6.45, 7) is 4.63. The van der Waals surface area contributed by atoms with Gasteiger partial charge in [-0.1, -0.05) is 80.6 Å². The third-order valence-corrected chi connectivity index (χ3v) is 5.83. The Morgan fingerprint density at radius 3 is 1.90 bits per heavy atom. The van der Waals surface area contributed by atoms with E-state index in [0.29, 0.717) is 0 Å². The molecule has 5 rings (SSSR count). The molecule has 0 saturated heterocycles. The summed E-state index contributed by atoms with van der Waals surface area (Å²) in [5.74, 6) is 0. The third-order valence-electron chi connectivity index (χ3n) is 5.83. The van der Waals surface area contributed by atoms with Crippen molar-refractivity contribution in [2.24, 2.45) is 0 Å². The lowest BCUT2D eigenvalue weighted by Crippen LogP contribution is -2.17. The van der Waals surface area contributed by atoms with Crippen LogP contribution in [0.4, 0.5) is 22.7 Å². The summed E-state index contributed by atoms with van der Waals surface area (Å²) in [5.41, 5.74) is 9.73. The molecule has 0 atom stereocenters. The molecule has 0 spiro atoms. The molecule has 0 unspecified atom stereocenters. The molecule has 0 bridgehead atoms. The summed E-state index contributed by atoms with van der Waals surface area (Å²) >= 11 is 0. The number of rotatable bonds is 4. The number of nitrogens with one attached hydrogen (secondary N) is 2. The molecule has 0 saturated carbocycles. The van der Waals surface area contributed by atoms with Crippen LogP contribution in [-0.4, -0.2) is 0 Å². The third kappa shape index (κ3) is 2.98. The Kier molecular flexibility index (Phi) is 4.13. The van der Waals surface area contributed by atoms with E-state index in [1.54, 1.807) is 0 Å². The molecule has 2 heteroatoms. The van der Waals surface area contributed by atoms with Gasteiger partial charge in [-0.2, -0.15) is 0 Å². The Morgan fingerprint density at radius 1 is 0.517 bits per heavy atom. The minimum absolute atomic E-state index is 0.0443. The van der Waals surface area contributed by atoms with Crippen LogP contribution >= 0.6 is 0 Å². The van der Waals surface area contributed by atoms with Crippen LogP contribution in [0.15, 0.2) is 97.1 Å². The second kappa shape index (κ2) is 6.82. The highest BCUT2D eigenvalue weighted by atomic mass is 15.0. The summed E-state index contributed by atoms with van der Waals surface area (Å²) in [4.78, 5) is 0. The van der Waals surface area contributed by atoms with Crippen molar-refractivity contribution in [3.63, 3.8) is 0 Å². The van der Waals surface area contributed by atoms with E-state index >= 15 is 0 Å². The predicted octanol–water partition coefficient (Wildman–Crippen LogP) is 7.48. The number of hydrogen-bond acceptors (Lipinski definition) is 2. The van der Waals surface area contributed by atoms with E-state index in [1.165, 1.54) is 22.3 Å². The lowest BCUT2D eigenvalue weighted by Gasteiger charge is -2.25. The molecule has 0 aromatic heterocycles. The second-order valence-corrected chi connectivity index (χ2v) is 8.06. The number of para-hydroxylation sites is 3. The smallest absolute Gasteiger partial charge is 0.0623 e. The van der Waals surface area contributed by atoms with Crippen molar-refractivity contribution in [1.82, 2.24) is 0 Å². The van der Waals surface area contributed by atoms with Crippen molar-refractivity contribution in [3.05, 3.63) is 108 Å². The van der Waals surface area contributed by atoms with Gasteiger partial charge in [0.05, 0.1) is 11.4 Å². The van der Waals surface area contributed by atoms with E-state index in [4.69, 9.17) is 0 Å². The van der Waals surface area contributed by atoms with Crippen molar-refractivity contribution in [2.75, 3.05) is 10.6 Å². The molecule has 2 nitrogen and oxygen atoms in total. The molecule has 0 heterocycles. The molecule has 0 fully saturated rings. The first kappa shape index (κ1) is 17.6. The fourth-order valence-corrected chi connectivity index (χ4v) is 4.48. The van der Waals surface area contributed by atoms with Crippen LogP contribution in [-0.2, 0) is 5.41 Å². The molecule has 0 aliphatic heterocycles. The van der Waals surface area contributed by atoms with Crippen LogP contribution in [0.2, 0.25) is 0 Å². The number of hydrogen-bond donors (Lipinski definition) is 2. The van der Waals surface area contributed by atoms with Crippen LogP contribution in [0, 0.1) is 0 Å². The summed E-state index contributed by atoms with van der Waals surface area (Å²) in [6, 6.07) is 34.0. The fraction of sp³-hybridized carbons (Fsp3) is 0.111. The molecule has 1 aliphatic rings. The van der Waals surface area contributed by atoms with Crippen LogP contribution in [0.1, 0.15) is 25.0 Å². The quantitative estimate of drug-likeness (QED) is 0.386. The summed E-state index contributed by atoms with van der Waals surface area (Å²) in [6.07, 6.45) is 0. The highest BCUT2D eigenvalue weighted by Crippen LogP contribution is 2.51. The SMILES string of the molecule is CC1(C)c2ccccc2-c2cccc(Nc3ccccc3Nc3ccccc3)c21. The van der Waals surface area contributed by atoms with Crippen molar-refractivity contribution >= 4 is 22.7 Å². The molecule has 0 amide bonds. The monoisotopic (exact) mass is 376 g/mol. The Balaban J connectivity index is 1.56. The van der Waals surface area contributed by atoms with Gasteiger partial charge in [0.2, 0.25) is 0 Å². The van der Waals surface area contributed by atoms with Crippen molar-refractivity contribution in [2.45, 2.75) is 19.3 Å². The second-order valence-electron chi connectivity index (χ2n) is 8.06. The maximum Gasteiger partial charge on any atom is 0.0623 e. The van der Waals surface area contributed by atoms with Crippen molar-refractivity contribution in [3.8, 4) is 11.1 Å². The van der Waals surface area contributed by atoms with E-state index in [-0.39, 0.29) is 5.41 Å². The zero-order chi connectivity index (χ0) is 19.8. The largest absolute Gasteiger partial charge is 0.354 e. The summed E-state index contributed by atoms with van der Waals surface area (Å²) < 4.78 is 0. The molecule has 2 N–H and O–H groups in total. The Hall–Kier alpha value is -3.52. The minimum atomic E-state index is -0.0443. The first-order chi connectivity index (χ1) is 14.1. The van der Waals surface area contributed by atoms with Gasteiger partial charge in [0, 0.05) is 16.8 Å². The first-order valence-electron chi connectivity index (χ1n) is 10.1. The van der Waals surface area contributed by atoms with Crippen LogP contribution in [0.25, 0.3) is 11.1 Å². The molecule has 142 valence electrons. The van der Waals surface area contributed by atoms with E-state index in [2.05, 4.69) is 103 Å². The van der Waals surface area contributed by atoms with Crippen molar-refractivity contribution in [1.29, 1.82) is 0 Å². The molecule has 1 aliphatic carbocycles.